The largest absolute Gasteiger partial charge is 1.00 e. The molecule has 0 bridgehead atoms. The zero-order chi connectivity index (χ0) is 31.8. The van der Waals surface area contributed by atoms with Gasteiger partial charge in [0.05, 0.1) is 35.3 Å². The number of benzene rings is 2. The molecule has 238 valence electrons. The van der Waals surface area contributed by atoms with Crippen LogP contribution < -0.4 is 39.8 Å². The summed E-state index contributed by atoms with van der Waals surface area (Å²) in [5.74, 6) is 0.549. The van der Waals surface area contributed by atoms with Crippen molar-refractivity contribution in [1.82, 2.24) is 9.55 Å². The number of methoxy groups -OCH3 is 1. The first-order chi connectivity index (χ1) is 20.9. The Morgan fingerprint density at radius 1 is 1.16 bits per heavy atom. The van der Waals surface area contributed by atoms with Crippen molar-refractivity contribution in [3.63, 3.8) is 0 Å². The van der Waals surface area contributed by atoms with Crippen LogP contribution in [0.15, 0.2) is 60.1 Å². The van der Waals surface area contributed by atoms with E-state index in [-0.39, 0.29) is 47.7 Å². The van der Waals surface area contributed by atoms with Gasteiger partial charge in [0.1, 0.15) is 36.0 Å². The van der Waals surface area contributed by atoms with Gasteiger partial charge in [0, 0.05) is 45.7 Å². The summed E-state index contributed by atoms with van der Waals surface area (Å²) >= 11 is 1.59. The van der Waals surface area contributed by atoms with Gasteiger partial charge in [-0.05, 0) is 54.1 Å². The fraction of sp³-hybridized carbons (Fsp3) is 0.303. The molecule has 6 rings (SSSR count). The van der Waals surface area contributed by atoms with Crippen molar-refractivity contribution in [1.29, 1.82) is 0 Å². The second kappa shape index (κ2) is 13.9. The average molecular weight is 761 g/mol. The van der Waals surface area contributed by atoms with Gasteiger partial charge in [-0.1, -0.05) is 24.3 Å². The lowest BCUT2D eigenvalue weighted by molar-refractivity contribution is -0.144. The van der Waals surface area contributed by atoms with E-state index in [2.05, 4.69) is 15.7 Å². The smallest absolute Gasteiger partial charge is 0.309 e. The number of ether oxygens (including phenoxy) is 2. The predicted octanol–water partition coefficient (Wildman–Crippen LogP) is 3.34. The van der Waals surface area contributed by atoms with Crippen molar-refractivity contribution >= 4 is 65.6 Å². The summed E-state index contributed by atoms with van der Waals surface area (Å²) in [6.07, 6.45) is 7.69. The highest BCUT2D eigenvalue weighted by molar-refractivity contribution is 8.00. The molecule has 1 aliphatic rings. The van der Waals surface area contributed by atoms with Gasteiger partial charge in [0.25, 0.3) is 5.91 Å². The molecule has 3 heterocycles. The van der Waals surface area contributed by atoms with Crippen LogP contribution in [0.25, 0.3) is 32.1 Å². The number of carbonyl (C=O) groups is 2. The van der Waals surface area contributed by atoms with E-state index in [0.717, 1.165) is 44.1 Å². The number of nitrogen functional groups attached to an aromatic ring is 1. The number of hydrogen-bond donors (Lipinski definition) is 2. The van der Waals surface area contributed by atoms with E-state index in [4.69, 9.17) is 15.2 Å². The maximum absolute atomic E-state index is 13.2. The zero-order valence-corrected chi connectivity index (χ0v) is 29.8. The van der Waals surface area contributed by atoms with E-state index in [1.165, 1.54) is 0 Å². The summed E-state index contributed by atoms with van der Waals surface area (Å²) in [6, 6.07) is 15.4. The van der Waals surface area contributed by atoms with Gasteiger partial charge in [-0.2, -0.15) is 0 Å². The normalized spacial score (nSPS) is 15.5. The molecule has 2 unspecified atom stereocenters. The number of pyridine rings is 1. The number of rotatable bonds is 7. The number of aryl methyl sites for hydroxylation is 1. The highest BCUT2D eigenvalue weighted by Gasteiger charge is 2.46. The number of nitrogens with one attached hydrogen (secondary N) is 1. The first-order valence-electron chi connectivity index (χ1n) is 14.2. The maximum Gasteiger partial charge on any atom is 0.309 e. The fourth-order valence-electron chi connectivity index (χ4n) is 5.27. The topological polar surface area (TPSA) is 126 Å². The Kier molecular flexibility index (Phi) is 10.6. The Morgan fingerprint density at radius 2 is 1.87 bits per heavy atom. The van der Waals surface area contributed by atoms with E-state index in [1.54, 1.807) is 43.4 Å². The van der Waals surface area contributed by atoms with Crippen LogP contribution in [0.2, 0.25) is 0 Å². The molecule has 1 fully saturated rings. The van der Waals surface area contributed by atoms with Crippen molar-refractivity contribution in [2.75, 3.05) is 43.5 Å². The molecule has 1 saturated carbocycles. The minimum absolute atomic E-state index is 0. The standard InChI is InChI=1S/C30H28N4O4S.C3H9OS.HI/c1-4-38-30(36)19-13-18(19)20-14-32-28(31)26-21(15-39-27(20)26)16-9-10-22(25(12-16)37-3)33-29(35)24-11-17-7-5-6-8-23(17)34(24)2;1-5(2,3)4;/h5-12,14-15,18-19H,4,13H2,1-3H3,(H2,31,32)(H,33,35);1-3H3;1H/q;+1;/p-1. The molecule has 3 N–H and O–H groups in total. The van der Waals surface area contributed by atoms with Crippen molar-refractivity contribution in [3.05, 3.63) is 71.4 Å². The molecular weight excluding hydrogens is 723 g/mol. The predicted molar refractivity (Wildman–Crippen MR) is 180 cm³/mol. The number of para-hydroxylation sites is 1. The summed E-state index contributed by atoms with van der Waals surface area (Å²) in [7, 11) is 2.04. The van der Waals surface area contributed by atoms with Gasteiger partial charge in [-0.25, -0.2) is 4.98 Å². The maximum atomic E-state index is 13.2. The molecule has 12 heteroatoms. The lowest BCUT2D eigenvalue weighted by Crippen LogP contribution is -3.00. The summed E-state index contributed by atoms with van der Waals surface area (Å²) in [5.41, 5.74) is 11.3. The molecule has 5 aromatic rings. The van der Waals surface area contributed by atoms with Crippen LogP contribution in [-0.4, -0.2) is 53.9 Å². The molecule has 0 saturated heterocycles. The number of nitrogens with two attached hydrogens (primary N) is 1. The van der Waals surface area contributed by atoms with E-state index >= 15 is 0 Å². The monoisotopic (exact) mass is 760 g/mol. The first-order valence-corrected chi connectivity index (χ1v) is 17.8. The Labute approximate surface area is 284 Å². The molecular formula is C33H37IN4O5S2. The van der Waals surface area contributed by atoms with Gasteiger partial charge in [-0.3, -0.25) is 9.59 Å². The minimum atomic E-state index is -1.42. The van der Waals surface area contributed by atoms with Crippen LogP contribution >= 0.6 is 11.3 Å². The summed E-state index contributed by atoms with van der Waals surface area (Å²) in [5, 5.41) is 6.91. The van der Waals surface area contributed by atoms with Gasteiger partial charge in [-0.15, -0.1) is 15.5 Å². The zero-order valence-electron chi connectivity index (χ0n) is 26.0. The van der Waals surface area contributed by atoms with Crippen molar-refractivity contribution in [2.24, 2.45) is 13.0 Å². The number of fused-ring (bicyclic) bond motifs is 2. The van der Waals surface area contributed by atoms with Crippen LogP contribution in [-0.2, 0) is 30.7 Å². The van der Waals surface area contributed by atoms with Gasteiger partial charge in [0.2, 0.25) is 0 Å². The fourth-order valence-corrected chi connectivity index (χ4v) is 6.43. The molecule has 0 spiro atoms. The highest BCUT2D eigenvalue weighted by Crippen LogP contribution is 2.52. The average Bonchev–Trinajstić information content (AvgIpc) is 3.52. The van der Waals surface area contributed by atoms with Crippen molar-refractivity contribution < 1.29 is 47.2 Å². The molecule has 0 radical (unpaired) electrons. The van der Waals surface area contributed by atoms with Crippen molar-refractivity contribution in [3.8, 4) is 16.9 Å². The Hall–Kier alpha value is -3.49. The second-order valence-electron chi connectivity index (χ2n) is 11.4. The van der Waals surface area contributed by atoms with Gasteiger partial charge < -0.3 is 49.1 Å². The quantitative estimate of drug-likeness (QED) is 0.148. The number of hydrogen-bond acceptors (Lipinski definition) is 8. The van der Waals surface area contributed by atoms with E-state index in [9.17, 15) is 13.8 Å². The third kappa shape index (κ3) is 7.50. The van der Waals surface area contributed by atoms with Crippen LogP contribution in [0.5, 0.6) is 5.75 Å². The van der Waals surface area contributed by atoms with E-state index in [1.807, 2.05) is 67.1 Å². The molecule has 1 aliphatic carbocycles. The number of aromatic nitrogens is 2. The second-order valence-corrected chi connectivity index (χ2v) is 15.7. The van der Waals surface area contributed by atoms with E-state index in [0.29, 0.717) is 29.6 Å². The Morgan fingerprint density at radius 3 is 2.53 bits per heavy atom. The molecule has 0 aliphatic heterocycles. The summed E-state index contributed by atoms with van der Waals surface area (Å²) in [4.78, 5) is 29.9. The Balaban J connectivity index is 0.000000714. The number of nitrogens with zero attached hydrogens (tertiary/aromatic N) is 2. The number of carbonyl (C=O) groups excluding carboxylic acids is 2. The van der Waals surface area contributed by atoms with Gasteiger partial charge in [0.15, 0.2) is 0 Å². The first kappa shape index (κ1) is 34.4. The van der Waals surface area contributed by atoms with Crippen molar-refractivity contribution in [2.45, 2.75) is 19.3 Å². The van der Waals surface area contributed by atoms with Crippen LogP contribution in [0.1, 0.15) is 35.3 Å². The summed E-state index contributed by atoms with van der Waals surface area (Å²) < 4.78 is 24.0. The lowest BCUT2D eigenvalue weighted by Gasteiger charge is -2.13. The van der Waals surface area contributed by atoms with Crippen LogP contribution in [0.4, 0.5) is 11.5 Å². The molecule has 2 aromatic carbocycles. The van der Waals surface area contributed by atoms with E-state index < -0.39 is 9.93 Å². The third-order valence-corrected chi connectivity index (χ3v) is 8.41. The molecule has 45 heavy (non-hydrogen) atoms. The molecule has 1 amide bonds. The SMILES string of the molecule is CCOC(=O)C1CC1c1cnc(N)c2c(-c3ccc(NC(=O)c4cc5ccccc5n4C)c(OC)c3)csc12.C[S+](C)(C)=O.[I-]. The number of esters is 1. The molecule has 3 aromatic heterocycles. The molecule has 9 nitrogen and oxygen atoms in total. The minimum Gasteiger partial charge on any atom is -1.00 e. The van der Waals surface area contributed by atoms with Gasteiger partial charge >= 0.3 is 5.97 Å². The summed E-state index contributed by atoms with van der Waals surface area (Å²) in [6.45, 7) is 2.19. The number of halogens is 1. The lowest BCUT2D eigenvalue weighted by atomic mass is 10.0. The molecule has 2 atom stereocenters. The van der Waals surface area contributed by atoms with Crippen LogP contribution in [0.3, 0.4) is 0 Å². The van der Waals surface area contributed by atoms with Crippen LogP contribution in [0, 0.1) is 5.92 Å². The number of amides is 1. The highest BCUT2D eigenvalue weighted by atomic mass is 127. The third-order valence-electron chi connectivity index (χ3n) is 7.38. The number of thiophene rings is 1. The Bertz CT molecular complexity index is 1920. The number of anilines is 2.